The van der Waals surface area contributed by atoms with Crippen molar-refractivity contribution in [2.24, 2.45) is 5.73 Å². The molecule has 7 nitrogen and oxygen atoms in total. The molecule has 1 amide bonds. The first-order valence-electron chi connectivity index (χ1n) is 6.85. The molecule has 2 N–H and O–H groups in total. The van der Waals surface area contributed by atoms with Gasteiger partial charge in [0.05, 0.1) is 18.2 Å². The molecule has 0 saturated carbocycles. The second-order valence-electron chi connectivity index (χ2n) is 4.60. The van der Waals surface area contributed by atoms with E-state index in [2.05, 4.69) is 0 Å². The smallest absolute Gasteiger partial charge is 0.349 e. The van der Waals surface area contributed by atoms with Crippen LogP contribution in [0.5, 0.6) is 17.2 Å². The van der Waals surface area contributed by atoms with Gasteiger partial charge >= 0.3 is 5.97 Å². The first-order chi connectivity index (χ1) is 11.5. The van der Waals surface area contributed by atoms with Gasteiger partial charge in [-0.1, -0.05) is 12.1 Å². The Morgan fingerprint density at radius 3 is 2.58 bits per heavy atom. The number of rotatable bonds is 6. The highest BCUT2D eigenvalue weighted by atomic mass is 16.6. The second-order valence-corrected chi connectivity index (χ2v) is 4.60. The number of nitriles is 1. The molecule has 7 heteroatoms. The summed E-state index contributed by atoms with van der Waals surface area (Å²) in [4.78, 5) is 23.3. The second kappa shape index (κ2) is 7.65. The van der Waals surface area contributed by atoms with E-state index in [0.717, 1.165) is 0 Å². The van der Waals surface area contributed by atoms with E-state index in [4.69, 9.17) is 25.2 Å². The van der Waals surface area contributed by atoms with Gasteiger partial charge in [-0.2, -0.15) is 5.26 Å². The van der Waals surface area contributed by atoms with E-state index < -0.39 is 18.5 Å². The zero-order chi connectivity index (χ0) is 17.5. The summed E-state index contributed by atoms with van der Waals surface area (Å²) in [7, 11) is 1.44. The van der Waals surface area contributed by atoms with E-state index in [-0.39, 0.29) is 17.1 Å². The summed E-state index contributed by atoms with van der Waals surface area (Å²) in [5.74, 6) is -0.852. The molecule has 0 aliphatic heterocycles. The number of carbonyl (C=O) groups excluding carboxylic acids is 2. The van der Waals surface area contributed by atoms with Crippen molar-refractivity contribution in [3.05, 3.63) is 53.6 Å². The lowest BCUT2D eigenvalue weighted by Crippen LogP contribution is -2.20. The van der Waals surface area contributed by atoms with Gasteiger partial charge in [-0.05, 0) is 24.3 Å². The van der Waals surface area contributed by atoms with Gasteiger partial charge < -0.3 is 19.9 Å². The minimum atomic E-state index is -0.751. The van der Waals surface area contributed by atoms with Gasteiger partial charge in [-0.3, -0.25) is 4.79 Å². The maximum absolute atomic E-state index is 11.9. The van der Waals surface area contributed by atoms with Crippen molar-refractivity contribution in [2.75, 3.05) is 13.7 Å². The normalized spacial score (nSPS) is 9.67. The molecule has 0 bridgehead atoms. The zero-order valence-electron chi connectivity index (χ0n) is 12.8. The lowest BCUT2D eigenvalue weighted by Gasteiger charge is -2.11. The minimum absolute atomic E-state index is 0.0241. The molecule has 2 aromatic rings. The van der Waals surface area contributed by atoms with Crippen LogP contribution in [0.15, 0.2) is 42.5 Å². The van der Waals surface area contributed by atoms with E-state index >= 15 is 0 Å². The Kier molecular flexibility index (Phi) is 5.36. The predicted molar refractivity (Wildman–Crippen MR) is 83.8 cm³/mol. The summed E-state index contributed by atoms with van der Waals surface area (Å²) in [5, 5.41) is 8.96. The maximum Gasteiger partial charge on any atom is 0.349 e. The number of carbonyl (C=O) groups is 2. The molecule has 0 atom stereocenters. The van der Waals surface area contributed by atoms with Crippen molar-refractivity contribution >= 4 is 11.9 Å². The number of nitrogens with two attached hydrogens (primary N) is 1. The highest BCUT2D eigenvalue weighted by Crippen LogP contribution is 2.25. The summed E-state index contributed by atoms with van der Waals surface area (Å²) in [6.07, 6.45) is 0. The molecule has 0 aliphatic rings. The minimum Gasteiger partial charge on any atom is -0.497 e. The van der Waals surface area contributed by atoms with Crippen LogP contribution in [0.25, 0.3) is 0 Å². The summed E-state index contributed by atoms with van der Waals surface area (Å²) in [6, 6.07) is 12.7. The van der Waals surface area contributed by atoms with E-state index in [9.17, 15) is 9.59 Å². The van der Waals surface area contributed by atoms with Gasteiger partial charge in [0.25, 0.3) is 5.91 Å². The van der Waals surface area contributed by atoms with E-state index in [1.807, 2.05) is 6.07 Å². The average molecular weight is 326 g/mol. The summed E-state index contributed by atoms with van der Waals surface area (Å²) < 4.78 is 15.4. The number of benzene rings is 2. The number of primary amides is 1. The van der Waals surface area contributed by atoms with Crippen LogP contribution in [-0.4, -0.2) is 25.6 Å². The number of hydrogen-bond donors (Lipinski definition) is 1. The van der Waals surface area contributed by atoms with Crippen LogP contribution < -0.4 is 19.9 Å². The Labute approximate surface area is 138 Å². The quantitative estimate of drug-likeness (QED) is 0.638. The van der Waals surface area contributed by atoms with E-state index in [0.29, 0.717) is 11.3 Å². The lowest BCUT2D eigenvalue weighted by atomic mass is 10.2. The van der Waals surface area contributed by atoms with Crippen molar-refractivity contribution in [3.8, 4) is 23.3 Å². The fraction of sp³-hybridized carbons (Fsp3) is 0.118. The molecule has 2 aromatic carbocycles. The summed E-state index contributed by atoms with van der Waals surface area (Å²) >= 11 is 0. The van der Waals surface area contributed by atoms with Gasteiger partial charge in [-0.15, -0.1) is 0 Å². The van der Waals surface area contributed by atoms with Crippen LogP contribution in [-0.2, 0) is 4.79 Å². The summed E-state index contributed by atoms with van der Waals surface area (Å²) in [6.45, 7) is -0.436. The van der Waals surface area contributed by atoms with Crippen LogP contribution in [0.3, 0.4) is 0 Å². The van der Waals surface area contributed by atoms with Crippen molar-refractivity contribution in [1.29, 1.82) is 5.26 Å². The van der Waals surface area contributed by atoms with Crippen molar-refractivity contribution in [3.63, 3.8) is 0 Å². The Morgan fingerprint density at radius 1 is 1.17 bits per heavy atom. The van der Waals surface area contributed by atoms with E-state index in [1.165, 1.54) is 25.3 Å². The van der Waals surface area contributed by atoms with Crippen LogP contribution in [0, 0.1) is 11.3 Å². The van der Waals surface area contributed by atoms with Crippen LogP contribution in [0.4, 0.5) is 0 Å². The van der Waals surface area contributed by atoms with Gasteiger partial charge in [0.15, 0.2) is 6.61 Å². The molecule has 0 unspecified atom stereocenters. The fourth-order valence-electron chi connectivity index (χ4n) is 1.89. The van der Waals surface area contributed by atoms with Gasteiger partial charge in [0, 0.05) is 6.07 Å². The Hall–Kier alpha value is -3.53. The zero-order valence-corrected chi connectivity index (χ0v) is 12.8. The van der Waals surface area contributed by atoms with Crippen LogP contribution in [0.2, 0.25) is 0 Å². The molecule has 0 heterocycles. The summed E-state index contributed by atoms with van der Waals surface area (Å²) in [5.41, 5.74) is 5.59. The molecule has 0 saturated heterocycles. The Balaban J connectivity index is 2.10. The van der Waals surface area contributed by atoms with Crippen molar-refractivity contribution < 1.29 is 23.8 Å². The first kappa shape index (κ1) is 16.8. The third-order valence-corrected chi connectivity index (χ3v) is 3.03. The molecular weight excluding hydrogens is 312 g/mol. The number of amides is 1. The average Bonchev–Trinajstić information content (AvgIpc) is 2.59. The maximum atomic E-state index is 11.9. The van der Waals surface area contributed by atoms with Crippen molar-refractivity contribution in [1.82, 2.24) is 0 Å². The Bertz CT molecular complexity index is 811. The highest BCUT2D eigenvalue weighted by molar-refractivity contribution is 5.96. The lowest BCUT2D eigenvalue weighted by molar-refractivity contribution is -0.136. The largest absolute Gasteiger partial charge is 0.497 e. The third-order valence-electron chi connectivity index (χ3n) is 3.03. The topological polar surface area (TPSA) is 112 Å². The molecule has 0 radical (unpaired) electrons. The SMILES string of the molecule is COc1ccc(C(N)=O)c(OC(=O)COc2ccccc2C#N)c1. The molecule has 2 rings (SSSR count). The number of methoxy groups -OCH3 is 1. The molecule has 0 aromatic heterocycles. The predicted octanol–water partition coefficient (Wildman–Crippen LogP) is 1.65. The molecule has 122 valence electrons. The fourth-order valence-corrected chi connectivity index (χ4v) is 1.89. The monoisotopic (exact) mass is 326 g/mol. The third kappa shape index (κ3) is 4.01. The van der Waals surface area contributed by atoms with Gasteiger partial charge in [0.2, 0.25) is 0 Å². The van der Waals surface area contributed by atoms with Crippen LogP contribution in [0.1, 0.15) is 15.9 Å². The van der Waals surface area contributed by atoms with Gasteiger partial charge in [-0.25, -0.2) is 4.79 Å². The van der Waals surface area contributed by atoms with E-state index in [1.54, 1.807) is 24.3 Å². The first-order valence-corrected chi connectivity index (χ1v) is 6.85. The molecule has 24 heavy (non-hydrogen) atoms. The molecule has 0 aliphatic carbocycles. The van der Waals surface area contributed by atoms with Crippen LogP contribution >= 0.6 is 0 Å². The number of hydrogen-bond acceptors (Lipinski definition) is 6. The standard InChI is InChI=1S/C17H14N2O5/c1-22-12-6-7-13(17(19)21)15(8-12)24-16(20)10-23-14-5-3-2-4-11(14)9-18/h2-8H,10H2,1H3,(H2,19,21). The molecule has 0 fully saturated rings. The van der Waals surface area contributed by atoms with Gasteiger partial charge in [0.1, 0.15) is 23.3 Å². The van der Waals surface area contributed by atoms with Crippen molar-refractivity contribution in [2.45, 2.75) is 0 Å². The molecular formula is C17H14N2O5. The number of para-hydroxylation sites is 1. The number of esters is 1. The number of nitrogens with zero attached hydrogens (tertiary/aromatic N) is 1. The Morgan fingerprint density at radius 2 is 1.92 bits per heavy atom. The highest BCUT2D eigenvalue weighted by Gasteiger charge is 2.15. The molecule has 0 spiro atoms. The number of ether oxygens (including phenoxy) is 3.